The van der Waals surface area contributed by atoms with Gasteiger partial charge in [0.25, 0.3) is 5.91 Å². The van der Waals surface area contributed by atoms with Crippen molar-refractivity contribution in [1.82, 2.24) is 0 Å². The number of amides is 1. The van der Waals surface area contributed by atoms with Gasteiger partial charge in [-0.2, -0.15) is 0 Å². The van der Waals surface area contributed by atoms with Gasteiger partial charge in [-0.15, -0.1) is 0 Å². The van der Waals surface area contributed by atoms with Crippen molar-refractivity contribution in [2.75, 3.05) is 18.2 Å². The molecule has 122 valence electrons. The predicted octanol–water partition coefficient (Wildman–Crippen LogP) is 2.01. The van der Waals surface area contributed by atoms with Crippen LogP contribution in [0.25, 0.3) is 0 Å². The summed E-state index contributed by atoms with van der Waals surface area (Å²) in [6.45, 7) is 3.54. The maximum absolute atomic E-state index is 11.8. The Labute approximate surface area is 130 Å². The van der Waals surface area contributed by atoms with Crippen molar-refractivity contribution in [2.24, 2.45) is 5.92 Å². The van der Waals surface area contributed by atoms with Crippen LogP contribution in [-0.4, -0.2) is 33.2 Å². The molecule has 1 amide bonds. The predicted molar refractivity (Wildman–Crippen MR) is 83.2 cm³/mol. The number of anilines is 1. The Kier molecular flexibility index (Phi) is 6.55. The van der Waals surface area contributed by atoms with Gasteiger partial charge in [0.2, 0.25) is 0 Å². The van der Waals surface area contributed by atoms with Gasteiger partial charge in [-0.1, -0.05) is 26.0 Å². The molecule has 0 bridgehead atoms. The molecule has 1 aromatic carbocycles. The summed E-state index contributed by atoms with van der Waals surface area (Å²) in [6, 6.07) is 6.06. The van der Waals surface area contributed by atoms with Crippen LogP contribution in [0.4, 0.5) is 5.69 Å². The minimum Gasteiger partial charge on any atom is -0.456 e. The molecule has 0 radical (unpaired) electrons. The molecule has 0 aliphatic carbocycles. The highest BCUT2D eigenvalue weighted by atomic mass is 32.2. The topological polar surface area (TPSA) is 89.5 Å². The molecule has 0 saturated heterocycles. The molecule has 0 fully saturated rings. The maximum atomic E-state index is 11.8. The highest BCUT2D eigenvalue weighted by Crippen LogP contribution is 2.20. The van der Waals surface area contributed by atoms with E-state index in [0.717, 1.165) is 6.26 Å². The van der Waals surface area contributed by atoms with E-state index in [1.165, 1.54) is 12.1 Å². The van der Waals surface area contributed by atoms with Gasteiger partial charge in [-0.05, 0) is 24.5 Å². The molecule has 0 spiro atoms. The third-order valence-corrected chi connectivity index (χ3v) is 4.01. The summed E-state index contributed by atoms with van der Waals surface area (Å²) in [4.78, 5) is 23.2. The second kappa shape index (κ2) is 7.93. The molecule has 0 aliphatic rings. The van der Waals surface area contributed by atoms with E-state index in [1.54, 1.807) is 12.1 Å². The fourth-order valence-corrected chi connectivity index (χ4v) is 2.55. The van der Waals surface area contributed by atoms with E-state index in [2.05, 4.69) is 5.32 Å². The molecule has 0 aromatic heterocycles. The van der Waals surface area contributed by atoms with Gasteiger partial charge in [-0.3, -0.25) is 9.59 Å². The lowest BCUT2D eigenvalue weighted by Gasteiger charge is -2.10. The molecule has 6 nitrogen and oxygen atoms in total. The molecular weight excluding hydrogens is 306 g/mol. The Balaban J connectivity index is 2.58. The standard InChI is InChI=1S/C15H21NO5S/c1-11(2)8-9-15(18)21-10-14(17)16-12-6-4-5-7-13(12)22(3,19)20/h4-7,11H,8-10H2,1-3H3,(H,16,17). The van der Waals surface area contributed by atoms with Gasteiger partial charge in [0.15, 0.2) is 16.4 Å². The van der Waals surface area contributed by atoms with Crippen LogP contribution in [0.5, 0.6) is 0 Å². The first-order valence-corrected chi connectivity index (χ1v) is 8.84. The number of hydrogen-bond donors (Lipinski definition) is 1. The minimum atomic E-state index is -3.45. The van der Waals surface area contributed by atoms with Crippen LogP contribution in [0.3, 0.4) is 0 Å². The normalized spacial score (nSPS) is 11.3. The highest BCUT2D eigenvalue weighted by Gasteiger charge is 2.15. The van der Waals surface area contributed by atoms with E-state index in [-0.39, 0.29) is 17.0 Å². The largest absolute Gasteiger partial charge is 0.456 e. The Bertz CT molecular complexity index is 637. The first kappa shape index (κ1) is 18.2. The van der Waals surface area contributed by atoms with E-state index >= 15 is 0 Å². The fraction of sp³-hybridized carbons (Fsp3) is 0.467. The summed E-state index contributed by atoms with van der Waals surface area (Å²) in [5.74, 6) is -0.641. The van der Waals surface area contributed by atoms with Crippen LogP contribution >= 0.6 is 0 Å². The van der Waals surface area contributed by atoms with Crippen molar-refractivity contribution in [2.45, 2.75) is 31.6 Å². The monoisotopic (exact) mass is 327 g/mol. The average Bonchev–Trinajstić information content (AvgIpc) is 2.42. The van der Waals surface area contributed by atoms with Crippen LogP contribution in [0.2, 0.25) is 0 Å². The van der Waals surface area contributed by atoms with Crippen molar-refractivity contribution >= 4 is 27.4 Å². The molecular formula is C15H21NO5S. The van der Waals surface area contributed by atoms with E-state index < -0.39 is 28.3 Å². The lowest BCUT2D eigenvalue weighted by Crippen LogP contribution is -2.22. The number of sulfone groups is 1. The third-order valence-electron chi connectivity index (χ3n) is 2.85. The number of ether oxygens (including phenoxy) is 1. The number of carbonyl (C=O) groups is 2. The molecule has 0 aliphatic heterocycles. The number of carbonyl (C=O) groups excluding carboxylic acids is 2. The summed E-state index contributed by atoms with van der Waals surface area (Å²) in [5.41, 5.74) is 0.174. The summed E-state index contributed by atoms with van der Waals surface area (Å²) in [7, 11) is -3.45. The van der Waals surface area contributed by atoms with Gasteiger partial charge in [-0.25, -0.2) is 8.42 Å². The van der Waals surface area contributed by atoms with Gasteiger partial charge in [0.05, 0.1) is 10.6 Å². The van der Waals surface area contributed by atoms with Crippen LogP contribution in [-0.2, 0) is 24.2 Å². The molecule has 0 heterocycles. The Morgan fingerprint density at radius 1 is 1.23 bits per heavy atom. The van der Waals surface area contributed by atoms with Crippen molar-refractivity contribution in [3.8, 4) is 0 Å². The van der Waals surface area contributed by atoms with Crippen LogP contribution in [0.1, 0.15) is 26.7 Å². The highest BCUT2D eigenvalue weighted by molar-refractivity contribution is 7.90. The second-order valence-electron chi connectivity index (χ2n) is 5.41. The number of esters is 1. The van der Waals surface area contributed by atoms with Crippen LogP contribution in [0, 0.1) is 5.92 Å². The Morgan fingerprint density at radius 3 is 2.45 bits per heavy atom. The van der Waals surface area contributed by atoms with Crippen molar-refractivity contribution < 1.29 is 22.7 Å². The van der Waals surface area contributed by atoms with Gasteiger partial charge in [0, 0.05) is 12.7 Å². The van der Waals surface area contributed by atoms with Gasteiger partial charge < -0.3 is 10.1 Å². The molecule has 0 unspecified atom stereocenters. The lowest BCUT2D eigenvalue weighted by atomic mass is 10.1. The molecule has 1 rings (SSSR count). The quantitative estimate of drug-likeness (QED) is 0.774. The zero-order valence-corrected chi connectivity index (χ0v) is 13.8. The molecule has 1 N–H and O–H groups in total. The molecule has 7 heteroatoms. The van der Waals surface area contributed by atoms with Crippen molar-refractivity contribution in [3.05, 3.63) is 24.3 Å². The number of benzene rings is 1. The minimum absolute atomic E-state index is 0.0227. The summed E-state index contributed by atoms with van der Waals surface area (Å²) < 4.78 is 28.1. The number of rotatable bonds is 7. The Hall–Kier alpha value is -1.89. The van der Waals surface area contributed by atoms with E-state index in [0.29, 0.717) is 12.3 Å². The van der Waals surface area contributed by atoms with E-state index in [1.807, 2.05) is 13.8 Å². The number of nitrogens with one attached hydrogen (secondary N) is 1. The zero-order valence-electron chi connectivity index (χ0n) is 13.0. The molecule has 22 heavy (non-hydrogen) atoms. The van der Waals surface area contributed by atoms with Crippen molar-refractivity contribution in [1.29, 1.82) is 0 Å². The summed E-state index contributed by atoms with van der Waals surface area (Å²) >= 11 is 0. The molecule has 0 atom stereocenters. The first-order valence-electron chi connectivity index (χ1n) is 6.94. The van der Waals surface area contributed by atoms with E-state index in [4.69, 9.17) is 4.74 Å². The second-order valence-corrected chi connectivity index (χ2v) is 7.39. The lowest BCUT2D eigenvalue weighted by molar-refractivity contribution is -0.147. The fourth-order valence-electron chi connectivity index (χ4n) is 1.70. The van der Waals surface area contributed by atoms with E-state index in [9.17, 15) is 18.0 Å². The van der Waals surface area contributed by atoms with Crippen LogP contribution < -0.4 is 5.32 Å². The third kappa shape index (κ3) is 6.26. The number of para-hydroxylation sites is 1. The molecule has 0 saturated carbocycles. The van der Waals surface area contributed by atoms with Crippen LogP contribution in [0.15, 0.2) is 29.2 Å². The van der Waals surface area contributed by atoms with Gasteiger partial charge >= 0.3 is 5.97 Å². The Morgan fingerprint density at radius 2 is 1.86 bits per heavy atom. The van der Waals surface area contributed by atoms with Crippen molar-refractivity contribution in [3.63, 3.8) is 0 Å². The first-order chi connectivity index (χ1) is 10.2. The molecule has 1 aromatic rings. The zero-order chi connectivity index (χ0) is 16.8. The average molecular weight is 327 g/mol. The summed E-state index contributed by atoms with van der Waals surface area (Å²) in [6.07, 6.45) is 2.01. The SMILES string of the molecule is CC(C)CCC(=O)OCC(=O)Nc1ccccc1S(C)(=O)=O. The maximum Gasteiger partial charge on any atom is 0.306 e. The number of hydrogen-bond acceptors (Lipinski definition) is 5. The van der Waals surface area contributed by atoms with Gasteiger partial charge in [0.1, 0.15) is 0 Å². The smallest absolute Gasteiger partial charge is 0.306 e. The summed E-state index contributed by atoms with van der Waals surface area (Å²) in [5, 5.41) is 2.44.